The molecule has 2 aromatic rings. The van der Waals surface area contributed by atoms with Gasteiger partial charge in [0, 0.05) is 5.02 Å². The smallest absolute Gasteiger partial charge is 0.298 e. The van der Waals surface area contributed by atoms with Gasteiger partial charge in [0.25, 0.3) is 11.1 Å². The number of carbonyl (C=O) groups excluding carboxylic acids is 2. The molecule has 2 amide bonds. The highest BCUT2D eigenvalue weighted by Crippen LogP contribution is 2.40. The Morgan fingerprint density at radius 2 is 1.96 bits per heavy atom. The van der Waals surface area contributed by atoms with Crippen molar-refractivity contribution in [2.75, 3.05) is 18.6 Å². The first-order valence-corrected chi connectivity index (χ1v) is 10.1. The van der Waals surface area contributed by atoms with Crippen molar-refractivity contribution in [3.8, 4) is 11.5 Å². The number of benzene rings is 2. The van der Waals surface area contributed by atoms with Crippen LogP contribution in [0.2, 0.25) is 5.02 Å². The van der Waals surface area contributed by atoms with Gasteiger partial charge in [0.1, 0.15) is 6.61 Å². The number of ether oxygens (including phenoxy) is 2. The first-order valence-electron chi connectivity index (χ1n) is 8.09. The molecule has 0 bridgehead atoms. The summed E-state index contributed by atoms with van der Waals surface area (Å²) in [5, 5.41) is 0.164. The zero-order valence-electron chi connectivity index (χ0n) is 14.8. The zero-order valence-corrected chi connectivity index (χ0v) is 17.9. The van der Waals surface area contributed by atoms with Gasteiger partial charge >= 0.3 is 0 Å². The minimum atomic E-state index is -0.389. The zero-order chi connectivity index (χ0) is 20.3. The first kappa shape index (κ1) is 20.5. The molecule has 0 spiro atoms. The van der Waals surface area contributed by atoms with E-state index in [1.165, 1.54) is 7.11 Å². The Bertz CT molecular complexity index is 975. The van der Waals surface area contributed by atoms with Gasteiger partial charge in [-0.1, -0.05) is 24.3 Å². The maximum Gasteiger partial charge on any atom is 0.298 e. The fourth-order valence-electron chi connectivity index (χ4n) is 2.54. The third-order valence-electron chi connectivity index (χ3n) is 3.77. The second-order valence-corrected chi connectivity index (χ2v) is 7.91. The monoisotopic (exact) mass is 479 g/mol. The Labute approximate surface area is 180 Å². The van der Waals surface area contributed by atoms with Crippen molar-refractivity contribution < 1.29 is 19.1 Å². The standard InChI is InChI=1S/C20H15BrClNO4S/c1-3-8-27-18-15(21)9-12(10-16(18)26-2)11-17-19(24)23(20(25)28-17)14-6-4-13(22)5-7-14/h3-7,9-11H,1,8H2,2H3/b17-11+. The number of rotatable bonds is 6. The predicted molar refractivity (Wildman–Crippen MR) is 116 cm³/mol. The summed E-state index contributed by atoms with van der Waals surface area (Å²) >= 11 is 10.2. The summed E-state index contributed by atoms with van der Waals surface area (Å²) in [6.07, 6.45) is 3.28. The number of carbonyl (C=O) groups is 2. The number of nitrogens with zero attached hydrogens (tertiary/aromatic N) is 1. The van der Waals surface area contributed by atoms with Crippen LogP contribution in [0.3, 0.4) is 0 Å². The van der Waals surface area contributed by atoms with Gasteiger partial charge in [0.15, 0.2) is 11.5 Å². The van der Waals surface area contributed by atoms with Gasteiger partial charge in [-0.2, -0.15) is 0 Å². The highest BCUT2D eigenvalue weighted by molar-refractivity contribution is 9.10. The minimum Gasteiger partial charge on any atom is -0.493 e. The first-order chi connectivity index (χ1) is 13.4. The summed E-state index contributed by atoms with van der Waals surface area (Å²) in [5.74, 6) is 0.646. The number of imide groups is 1. The molecule has 8 heteroatoms. The van der Waals surface area contributed by atoms with Crippen LogP contribution in [0.25, 0.3) is 6.08 Å². The Hall–Kier alpha value is -2.22. The fraction of sp³-hybridized carbons (Fsp3) is 0.100. The van der Waals surface area contributed by atoms with E-state index < -0.39 is 0 Å². The van der Waals surface area contributed by atoms with Crippen molar-refractivity contribution in [1.29, 1.82) is 0 Å². The van der Waals surface area contributed by atoms with Gasteiger partial charge in [0.05, 0.1) is 22.2 Å². The van der Waals surface area contributed by atoms with Crippen LogP contribution in [-0.4, -0.2) is 24.9 Å². The maximum atomic E-state index is 12.8. The van der Waals surface area contributed by atoms with Crippen molar-refractivity contribution in [1.82, 2.24) is 0 Å². The van der Waals surface area contributed by atoms with E-state index in [4.69, 9.17) is 21.1 Å². The molecule has 1 saturated heterocycles. The molecule has 144 valence electrons. The van der Waals surface area contributed by atoms with Crippen molar-refractivity contribution in [3.05, 3.63) is 69.0 Å². The van der Waals surface area contributed by atoms with E-state index in [-0.39, 0.29) is 11.1 Å². The largest absolute Gasteiger partial charge is 0.493 e. The van der Waals surface area contributed by atoms with Crippen LogP contribution in [0, 0.1) is 0 Å². The molecule has 0 saturated carbocycles. The lowest BCUT2D eigenvalue weighted by Gasteiger charge is -2.13. The topological polar surface area (TPSA) is 55.8 Å². The lowest BCUT2D eigenvalue weighted by molar-refractivity contribution is -0.113. The lowest BCUT2D eigenvalue weighted by Crippen LogP contribution is -2.27. The van der Waals surface area contributed by atoms with Crippen LogP contribution in [-0.2, 0) is 4.79 Å². The molecular weight excluding hydrogens is 466 g/mol. The Kier molecular flexibility index (Phi) is 6.49. The third-order valence-corrected chi connectivity index (χ3v) is 5.48. The predicted octanol–water partition coefficient (Wildman–Crippen LogP) is 5.92. The van der Waals surface area contributed by atoms with Gasteiger partial charge in [0.2, 0.25) is 0 Å². The Morgan fingerprint density at radius 1 is 1.25 bits per heavy atom. The highest BCUT2D eigenvalue weighted by Gasteiger charge is 2.36. The molecule has 1 aliphatic heterocycles. The quantitative estimate of drug-likeness (QED) is 0.380. The van der Waals surface area contributed by atoms with E-state index in [0.717, 1.165) is 16.7 Å². The number of anilines is 1. The van der Waals surface area contributed by atoms with Crippen molar-refractivity contribution >= 4 is 62.2 Å². The molecule has 0 atom stereocenters. The van der Waals surface area contributed by atoms with Gasteiger partial charge in [-0.3, -0.25) is 9.59 Å². The van der Waals surface area contributed by atoms with Crippen LogP contribution >= 0.6 is 39.3 Å². The fourth-order valence-corrected chi connectivity index (χ4v) is 4.08. The lowest BCUT2D eigenvalue weighted by atomic mass is 10.1. The van der Waals surface area contributed by atoms with Crippen molar-refractivity contribution in [2.45, 2.75) is 0 Å². The average Bonchev–Trinajstić information content (AvgIpc) is 2.94. The van der Waals surface area contributed by atoms with Crippen LogP contribution in [0.4, 0.5) is 10.5 Å². The van der Waals surface area contributed by atoms with E-state index in [1.54, 1.807) is 48.6 Å². The molecule has 0 aliphatic carbocycles. The maximum absolute atomic E-state index is 12.8. The van der Waals surface area contributed by atoms with Crippen LogP contribution in [0.15, 0.2) is 58.4 Å². The number of amides is 2. The van der Waals surface area contributed by atoms with Gasteiger partial charge in [-0.15, -0.1) is 0 Å². The van der Waals surface area contributed by atoms with Crippen molar-refractivity contribution in [3.63, 3.8) is 0 Å². The minimum absolute atomic E-state index is 0.314. The van der Waals surface area contributed by atoms with E-state index in [9.17, 15) is 9.59 Å². The molecule has 0 aromatic heterocycles. The van der Waals surface area contributed by atoms with Gasteiger partial charge in [-0.05, 0) is 75.7 Å². The molecule has 0 unspecified atom stereocenters. The summed E-state index contributed by atoms with van der Waals surface area (Å²) in [5.41, 5.74) is 1.17. The molecule has 5 nitrogen and oxygen atoms in total. The highest BCUT2D eigenvalue weighted by atomic mass is 79.9. The summed E-state index contributed by atoms with van der Waals surface area (Å²) < 4.78 is 11.6. The molecule has 1 fully saturated rings. The SMILES string of the molecule is C=CCOc1c(Br)cc(/C=C2/SC(=O)N(c3ccc(Cl)cc3)C2=O)cc1OC. The van der Waals surface area contributed by atoms with Gasteiger partial charge < -0.3 is 9.47 Å². The van der Waals surface area contributed by atoms with E-state index >= 15 is 0 Å². The second-order valence-electron chi connectivity index (χ2n) is 5.63. The molecule has 1 heterocycles. The van der Waals surface area contributed by atoms with Crippen LogP contribution < -0.4 is 14.4 Å². The molecule has 0 radical (unpaired) electrons. The van der Waals surface area contributed by atoms with Crippen LogP contribution in [0.5, 0.6) is 11.5 Å². The summed E-state index contributed by atoms with van der Waals surface area (Å²) in [4.78, 5) is 26.6. The van der Waals surface area contributed by atoms with E-state index in [2.05, 4.69) is 22.5 Å². The van der Waals surface area contributed by atoms with E-state index in [1.807, 2.05) is 0 Å². The number of thioether (sulfide) groups is 1. The molecule has 2 aromatic carbocycles. The molecule has 0 N–H and O–H groups in total. The number of halogens is 2. The van der Waals surface area contributed by atoms with Crippen LogP contribution in [0.1, 0.15) is 5.56 Å². The second kappa shape index (κ2) is 8.86. The molecule has 1 aliphatic rings. The summed E-state index contributed by atoms with van der Waals surface area (Å²) in [6, 6.07) is 10.1. The van der Waals surface area contributed by atoms with Crippen molar-refractivity contribution in [2.24, 2.45) is 0 Å². The van der Waals surface area contributed by atoms with Gasteiger partial charge in [-0.25, -0.2) is 4.90 Å². The summed E-state index contributed by atoms with van der Waals surface area (Å²) in [7, 11) is 1.53. The Morgan fingerprint density at radius 3 is 2.61 bits per heavy atom. The van der Waals surface area contributed by atoms with E-state index in [0.29, 0.717) is 43.8 Å². The summed E-state index contributed by atoms with van der Waals surface area (Å²) in [6.45, 7) is 3.95. The normalized spacial score (nSPS) is 15.2. The average molecular weight is 481 g/mol. The molecule has 28 heavy (non-hydrogen) atoms. The molecular formula is C20H15BrClNO4S. The number of hydrogen-bond donors (Lipinski definition) is 0. The number of hydrogen-bond acceptors (Lipinski definition) is 5. The molecule has 3 rings (SSSR count). The number of methoxy groups -OCH3 is 1. The Balaban J connectivity index is 1.92. The third kappa shape index (κ3) is 4.27.